The number of hydrogen-bond donors (Lipinski definition) is 0. The molecule has 0 unspecified atom stereocenters. The van der Waals surface area contributed by atoms with Gasteiger partial charge in [0.1, 0.15) is 5.52 Å². The number of aromatic nitrogens is 3. The van der Waals surface area contributed by atoms with Crippen molar-refractivity contribution in [2.24, 2.45) is 0 Å². The Morgan fingerprint density at radius 1 is 0.367 bits per heavy atom. The number of benzene rings is 8. The summed E-state index contributed by atoms with van der Waals surface area (Å²) in [6, 6.07) is 62.7. The van der Waals surface area contributed by atoms with Crippen molar-refractivity contribution in [3.05, 3.63) is 176 Å². The van der Waals surface area contributed by atoms with E-state index in [1.54, 1.807) is 0 Å². The van der Waals surface area contributed by atoms with E-state index in [2.05, 4.69) is 180 Å². The summed E-state index contributed by atoms with van der Waals surface area (Å²) < 4.78 is 2.28. The van der Waals surface area contributed by atoms with Gasteiger partial charge in [-0.15, -0.1) is 0 Å². The number of nitrogens with zero attached hydrogens (tertiary/aromatic N) is 3. The first-order chi connectivity index (χ1) is 24.3. The topological polar surface area (TPSA) is 30.7 Å². The van der Waals surface area contributed by atoms with Gasteiger partial charge >= 0.3 is 0 Å². The second-order valence-electron chi connectivity index (χ2n) is 12.6. The fourth-order valence-electron chi connectivity index (χ4n) is 7.42. The second kappa shape index (κ2) is 11.0. The molecule has 228 valence electrons. The van der Waals surface area contributed by atoms with E-state index in [-0.39, 0.29) is 0 Å². The molecule has 3 heteroatoms. The van der Waals surface area contributed by atoms with E-state index in [1.165, 1.54) is 38.2 Å². The van der Waals surface area contributed by atoms with Crippen LogP contribution in [0.1, 0.15) is 0 Å². The van der Waals surface area contributed by atoms with Gasteiger partial charge in [-0.1, -0.05) is 133 Å². The molecule has 0 amide bonds. The van der Waals surface area contributed by atoms with Crippen molar-refractivity contribution in [2.75, 3.05) is 0 Å². The third kappa shape index (κ3) is 4.51. The zero-order chi connectivity index (χ0) is 32.3. The number of rotatable bonds is 4. The zero-order valence-corrected chi connectivity index (χ0v) is 26.6. The van der Waals surface area contributed by atoms with Gasteiger partial charge in [-0.25, -0.2) is 9.97 Å². The Balaban J connectivity index is 1.21. The highest BCUT2D eigenvalue weighted by Gasteiger charge is 2.18. The van der Waals surface area contributed by atoms with Crippen LogP contribution in [0.15, 0.2) is 176 Å². The Morgan fingerprint density at radius 2 is 0.980 bits per heavy atom. The first-order valence-corrected chi connectivity index (χ1v) is 16.7. The number of fused-ring (bicyclic) bond motifs is 7. The molecule has 0 spiro atoms. The van der Waals surface area contributed by atoms with Gasteiger partial charge in [0.05, 0.1) is 16.6 Å². The van der Waals surface area contributed by atoms with Crippen molar-refractivity contribution in [3.63, 3.8) is 0 Å². The third-order valence-corrected chi connectivity index (χ3v) is 9.73. The van der Waals surface area contributed by atoms with Crippen LogP contribution in [0, 0.1) is 0 Å². The van der Waals surface area contributed by atoms with Crippen molar-refractivity contribution in [1.29, 1.82) is 0 Å². The molecule has 0 aliphatic carbocycles. The highest BCUT2D eigenvalue weighted by atomic mass is 15.1. The van der Waals surface area contributed by atoms with Gasteiger partial charge in [-0.2, -0.15) is 0 Å². The van der Waals surface area contributed by atoms with Crippen LogP contribution in [0.2, 0.25) is 0 Å². The quantitative estimate of drug-likeness (QED) is 0.183. The predicted molar refractivity (Wildman–Crippen MR) is 205 cm³/mol. The van der Waals surface area contributed by atoms with Crippen molar-refractivity contribution < 1.29 is 0 Å². The summed E-state index contributed by atoms with van der Waals surface area (Å²) in [5, 5.41) is 6.07. The number of hydrogen-bond acceptors (Lipinski definition) is 2. The summed E-state index contributed by atoms with van der Waals surface area (Å²) in [7, 11) is 0. The minimum Gasteiger partial charge on any atom is -0.292 e. The lowest BCUT2D eigenvalue weighted by molar-refractivity contribution is 1.14. The summed E-state index contributed by atoms with van der Waals surface area (Å²) in [6.07, 6.45) is 0. The van der Waals surface area contributed by atoms with E-state index in [0.29, 0.717) is 0 Å². The lowest BCUT2D eigenvalue weighted by atomic mass is 9.93. The molecule has 0 atom stereocenters. The molecular weight excluding hydrogens is 595 g/mol. The number of para-hydroxylation sites is 1. The highest BCUT2D eigenvalue weighted by Crippen LogP contribution is 2.38. The van der Waals surface area contributed by atoms with Crippen LogP contribution in [-0.4, -0.2) is 14.5 Å². The minimum atomic E-state index is 0.849. The molecule has 0 saturated heterocycles. The second-order valence-corrected chi connectivity index (χ2v) is 12.6. The van der Waals surface area contributed by atoms with E-state index in [0.717, 1.165) is 55.5 Å². The van der Waals surface area contributed by atoms with Crippen LogP contribution in [0.5, 0.6) is 0 Å². The lowest BCUT2D eigenvalue weighted by Gasteiger charge is -2.14. The molecule has 0 N–H and O–H groups in total. The third-order valence-electron chi connectivity index (χ3n) is 9.73. The van der Waals surface area contributed by atoms with E-state index >= 15 is 0 Å². The smallest absolute Gasteiger partial charge is 0.165 e. The fraction of sp³-hybridized carbons (Fsp3) is 0. The Kier molecular flexibility index (Phi) is 6.18. The van der Waals surface area contributed by atoms with Crippen LogP contribution in [0.25, 0.3) is 93.7 Å². The molecule has 0 radical (unpaired) electrons. The van der Waals surface area contributed by atoms with Crippen LogP contribution in [-0.2, 0) is 0 Å². The van der Waals surface area contributed by atoms with Gasteiger partial charge in [0.15, 0.2) is 5.65 Å². The summed E-state index contributed by atoms with van der Waals surface area (Å²) in [4.78, 5) is 10.7. The molecule has 0 aliphatic rings. The van der Waals surface area contributed by atoms with E-state index in [1.807, 2.05) is 0 Å². The highest BCUT2D eigenvalue weighted by molar-refractivity contribution is 6.14. The average molecular weight is 624 g/mol. The normalized spacial score (nSPS) is 11.7. The maximum Gasteiger partial charge on any atom is 0.165 e. The van der Waals surface area contributed by atoms with Crippen molar-refractivity contribution in [3.8, 4) is 39.1 Å². The standard InChI is InChI=1S/C46H29N3/c1-3-13-30(14-4-1)34-25-35(31-15-5-2-6-16-31)27-36(26-34)49-44-22-12-11-21-40(44)45-46(49)48-42-24-23-33(29-43(42)47-45)41-28-32-17-7-8-18-37(32)38-19-9-10-20-39(38)41/h1-29H. The van der Waals surface area contributed by atoms with E-state index < -0.39 is 0 Å². The largest absolute Gasteiger partial charge is 0.292 e. The molecule has 49 heavy (non-hydrogen) atoms. The molecular formula is C46H29N3. The maximum atomic E-state index is 5.36. The van der Waals surface area contributed by atoms with Crippen LogP contribution in [0.3, 0.4) is 0 Å². The minimum absolute atomic E-state index is 0.849. The summed E-state index contributed by atoms with van der Waals surface area (Å²) in [5.74, 6) is 0. The van der Waals surface area contributed by atoms with Crippen LogP contribution >= 0.6 is 0 Å². The lowest BCUT2D eigenvalue weighted by Crippen LogP contribution is -1.98. The Morgan fingerprint density at radius 3 is 1.71 bits per heavy atom. The van der Waals surface area contributed by atoms with Crippen molar-refractivity contribution >= 4 is 54.6 Å². The average Bonchev–Trinajstić information content (AvgIpc) is 3.50. The molecule has 0 aliphatic heterocycles. The Labute approximate surface area is 283 Å². The molecule has 2 heterocycles. The van der Waals surface area contributed by atoms with Crippen LogP contribution in [0.4, 0.5) is 0 Å². The van der Waals surface area contributed by atoms with Crippen molar-refractivity contribution in [2.45, 2.75) is 0 Å². The first-order valence-electron chi connectivity index (χ1n) is 16.7. The zero-order valence-electron chi connectivity index (χ0n) is 26.6. The molecule has 0 saturated carbocycles. The van der Waals surface area contributed by atoms with Gasteiger partial charge in [-0.05, 0) is 97.4 Å². The van der Waals surface area contributed by atoms with E-state index in [9.17, 15) is 0 Å². The Hall–Kier alpha value is -6.58. The van der Waals surface area contributed by atoms with Gasteiger partial charge < -0.3 is 0 Å². The summed E-state index contributed by atoms with van der Waals surface area (Å²) >= 11 is 0. The van der Waals surface area contributed by atoms with Gasteiger partial charge in [-0.3, -0.25) is 4.57 Å². The SMILES string of the molecule is c1ccc(-c2cc(-c3ccccc3)cc(-n3c4ccccc4c4nc5cc(-c6cc7ccccc7c7ccccc67)ccc5nc43)c2)cc1. The molecule has 8 aromatic carbocycles. The first kappa shape index (κ1) is 27.5. The monoisotopic (exact) mass is 623 g/mol. The van der Waals surface area contributed by atoms with Crippen LogP contribution < -0.4 is 0 Å². The molecule has 0 bridgehead atoms. The van der Waals surface area contributed by atoms with Crippen molar-refractivity contribution in [1.82, 2.24) is 14.5 Å². The molecule has 3 nitrogen and oxygen atoms in total. The Bertz CT molecular complexity index is 2810. The van der Waals surface area contributed by atoms with E-state index in [4.69, 9.17) is 9.97 Å². The maximum absolute atomic E-state index is 5.36. The summed E-state index contributed by atoms with van der Waals surface area (Å²) in [6.45, 7) is 0. The van der Waals surface area contributed by atoms with Gasteiger partial charge in [0.25, 0.3) is 0 Å². The molecule has 10 aromatic rings. The summed E-state index contributed by atoms with van der Waals surface area (Å²) in [5.41, 5.74) is 12.6. The fourth-order valence-corrected chi connectivity index (χ4v) is 7.42. The van der Waals surface area contributed by atoms with Gasteiger partial charge in [0.2, 0.25) is 0 Å². The van der Waals surface area contributed by atoms with Gasteiger partial charge in [0, 0.05) is 11.1 Å². The predicted octanol–water partition coefficient (Wildman–Crippen LogP) is 12.0. The molecule has 2 aromatic heterocycles. The molecule has 10 rings (SSSR count). The molecule has 0 fully saturated rings.